The number of nitrogens with two attached hydrogens (primary N) is 1. The Morgan fingerprint density at radius 3 is 3.14 bits per heavy atom. The van der Waals surface area contributed by atoms with E-state index in [0.717, 1.165) is 29.9 Å². The first-order chi connectivity index (χ1) is 6.77. The second-order valence-corrected chi connectivity index (χ2v) is 3.86. The summed E-state index contributed by atoms with van der Waals surface area (Å²) in [5.41, 5.74) is 8.70. The molecule has 0 aromatic carbocycles. The van der Waals surface area contributed by atoms with Crippen LogP contribution in [0.5, 0.6) is 0 Å². The Morgan fingerprint density at radius 2 is 2.43 bits per heavy atom. The molecule has 1 aromatic rings. The van der Waals surface area contributed by atoms with Crippen molar-refractivity contribution in [1.82, 2.24) is 10.3 Å². The van der Waals surface area contributed by atoms with E-state index in [1.165, 1.54) is 0 Å². The van der Waals surface area contributed by atoms with Gasteiger partial charge in [-0.2, -0.15) is 0 Å². The number of nitrogens with zero attached hydrogens (tertiary/aromatic N) is 1. The highest BCUT2D eigenvalue weighted by Gasteiger charge is 2.13. The van der Waals surface area contributed by atoms with Crippen molar-refractivity contribution in [2.75, 3.05) is 18.8 Å². The third-order valence-corrected chi connectivity index (χ3v) is 2.52. The van der Waals surface area contributed by atoms with Crippen molar-refractivity contribution >= 4 is 22.9 Å². The van der Waals surface area contributed by atoms with Gasteiger partial charge in [-0.15, -0.1) is 11.6 Å². The summed E-state index contributed by atoms with van der Waals surface area (Å²) >= 11 is 6.01. The molecular formula is C10H12ClN3. The van der Waals surface area contributed by atoms with Crippen molar-refractivity contribution in [3.63, 3.8) is 0 Å². The van der Waals surface area contributed by atoms with Crippen molar-refractivity contribution in [3.05, 3.63) is 30.1 Å². The van der Waals surface area contributed by atoms with E-state index in [0.29, 0.717) is 0 Å². The highest BCUT2D eigenvalue weighted by molar-refractivity contribution is 6.22. The highest BCUT2D eigenvalue weighted by Crippen LogP contribution is 2.22. The highest BCUT2D eigenvalue weighted by atomic mass is 35.5. The van der Waals surface area contributed by atoms with Gasteiger partial charge in [0.25, 0.3) is 0 Å². The topological polar surface area (TPSA) is 50.9 Å². The summed E-state index contributed by atoms with van der Waals surface area (Å²) in [6.07, 6.45) is 5.50. The van der Waals surface area contributed by atoms with Gasteiger partial charge < -0.3 is 11.1 Å². The quantitative estimate of drug-likeness (QED) is 0.685. The van der Waals surface area contributed by atoms with E-state index >= 15 is 0 Å². The summed E-state index contributed by atoms with van der Waals surface area (Å²) in [4.78, 5) is 4.05. The number of nitrogen functional groups attached to an aromatic ring is 1. The number of rotatable bonds is 1. The number of hydrogen-bond acceptors (Lipinski definition) is 3. The molecule has 0 spiro atoms. The fraction of sp³-hybridized carbons (Fsp3) is 0.300. The molecule has 2 heterocycles. The summed E-state index contributed by atoms with van der Waals surface area (Å²) < 4.78 is 0. The Morgan fingerprint density at radius 1 is 1.57 bits per heavy atom. The average Bonchev–Trinajstić information content (AvgIpc) is 2.18. The van der Waals surface area contributed by atoms with Gasteiger partial charge >= 0.3 is 0 Å². The summed E-state index contributed by atoms with van der Waals surface area (Å²) in [5, 5.41) is 3.27. The van der Waals surface area contributed by atoms with Crippen molar-refractivity contribution in [3.8, 4) is 0 Å². The molecule has 0 fully saturated rings. The van der Waals surface area contributed by atoms with Crippen molar-refractivity contribution < 1.29 is 0 Å². The lowest BCUT2D eigenvalue weighted by Gasteiger charge is -2.18. The molecule has 2 rings (SSSR count). The third kappa shape index (κ3) is 1.89. The Labute approximate surface area is 88.0 Å². The van der Waals surface area contributed by atoms with Crippen molar-refractivity contribution in [1.29, 1.82) is 0 Å². The molecule has 0 radical (unpaired) electrons. The number of aromatic nitrogens is 1. The van der Waals surface area contributed by atoms with E-state index in [2.05, 4.69) is 10.3 Å². The standard InChI is InChI=1S/C10H12ClN3/c11-8-3-7(4-14-5-8)9-6-13-2-1-10(9)12/h1-3,6,8,14H,4-5H2,(H2,12,13). The number of hydrogen-bond donors (Lipinski definition) is 2. The van der Waals surface area contributed by atoms with Gasteiger partial charge in [-0.1, -0.05) is 6.08 Å². The predicted octanol–water partition coefficient (Wildman–Crippen LogP) is 1.26. The number of alkyl halides is 1. The summed E-state index contributed by atoms with van der Waals surface area (Å²) in [6.45, 7) is 1.62. The first-order valence-electron chi connectivity index (χ1n) is 4.52. The maximum atomic E-state index is 6.01. The van der Waals surface area contributed by atoms with E-state index in [4.69, 9.17) is 17.3 Å². The third-order valence-electron chi connectivity index (χ3n) is 2.24. The van der Waals surface area contributed by atoms with Crippen LogP contribution in [0, 0.1) is 0 Å². The SMILES string of the molecule is Nc1ccncc1C1=CC(Cl)CNC1. The molecule has 1 aliphatic rings. The molecular weight excluding hydrogens is 198 g/mol. The van der Waals surface area contributed by atoms with Crippen LogP contribution in [0.4, 0.5) is 5.69 Å². The van der Waals surface area contributed by atoms with Gasteiger partial charge in [0.15, 0.2) is 0 Å². The van der Waals surface area contributed by atoms with Gasteiger partial charge in [-0.3, -0.25) is 4.98 Å². The zero-order chi connectivity index (χ0) is 9.97. The maximum Gasteiger partial charge on any atom is 0.0647 e. The van der Waals surface area contributed by atoms with E-state index in [-0.39, 0.29) is 5.38 Å². The summed E-state index contributed by atoms with van der Waals surface area (Å²) in [5.74, 6) is 0. The van der Waals surface area contributed by atoms with Crippen LogP contribution in [0.15, 0.2) is 24.5 Å². The summed E-state index contributed by atoms with van der Waals surface area (Å²) in [6, 6.07) is 1.80. The van der Waals surface area contributed by atoms with Crippen molar-refractivity contribution in [2.45, 2.75) is 5.38 Å². The molecule has 0 saturated heterocycles. The second-order valence-electron chi connectivity index (χ2n) is 3.30. The van der Waals surface area contributed by atoms with Crippen LogP contribution >= 0.6 is 11.6 Å². The maximum absolute atomic E-state index is 6.01. The van der Waals surface area contributed by atoms with Gasteiger partial charge in [-0.25, -0.2) is 0 Å². The number of pyridine rings is 1. The minimum absolute atomic E-state index is 0.0401. The van der Waals surface area contributed by atoms with E-state index in [1.54, 1.807) is 18.5 Å². The Balaban J connectivity index is 2.35. The first kappa shape index (κ1) is 9.49. The molecule has 1 atom stereocenters. The lowest BCUT2D eigenvalue weighted by Crippen LogP contribution is -2.29. The normalized spacial score (nSPS) is 21.8. The molecule has 3 N–H and O–H groups in total. The zero-order valence-electron chi connectivity index (χ0n) is 7.70. The zero-order valence-corrected chi connectivity index (χ0v) is 8.46. The molecule has 3 nitrogen and oxygen atoms in total. The fourth-order valence-electron chi connectivity index (χ4n) is 1.54. The van der Waals surface area contributed by atoms with Crippen LogP contribution < -0.4 is 11.1 Å². The van der Waals surface area contributed by atoms with Crippen molar-refractivity contribution in [2.24, 2.45) is 0 Å². The molecule has 1 unspecified atom stereocenters. The number of nitrogens with one attached hydrogen (secondary N) is 1. The lowest BCUT2D eigenvalue weighted by molar-refractivity contribution is 0.744. The van der Waals surface area contributed by atoms with E-state index in [9.17, 15) is 0 Å². The fourth-order valence-corrected chi connectivity index (χ4v) is 1.80. The lowest BCUT2D eigenvalue weighted by atomic mass is 10.0. The molecule has 0 aliphatic carbocycles. The average molecular weight is 210 g/mol. The van der Waals surface area contributed by atoms with Crippen LogP contribution in [0.2, 0.25) is 0 Å². The summed E-state index contributed by atoms with van der Waals surface area (Å²) in [7, 11) is 0. The molecule has 1 aliphatic heterocycles. The van der Waals surface area contributed by atoms with Crippen LogP contribution in [-0.4, -0.2) is 23.5 Å². The Bertz CT molecular complexity index is 362. The smallest absolute Gasteiger partial charge is 0.0647 e. The monoisotopic (exact) mass is 209 g/mol. The second kappa shape index (κ2) is 3.98. The molecule has 14 heavy (non-hydrogen) atoms. The van der Waals surface area contributed by atoms with Gasteiger partial charge in [0.1, 0.15) is 0 Å². The number of halogens is 1. The predicted molar refractivity (Wildman–Crippen MR) is 59.1 cm³/mol. The molecule has 74 valence electrons. The van der Waals surface area contributed by atoms with Gasteiger partial charge in [-0.05, 0) is 11.6 Å². The van der Waals surface area contributed by atoms with Crippen LogP contribution in [-0.2, 0) is 0 Å². The van der Waals surface area contributed by atoms with E-state index < -0.39 is 0 Å². The van der Waals surface area contributed by atoms with Crippen LogP contribution in [0.1, 0.15) is 5.56 Å². The molecule has 1 aromatic heterocycles. The minimum Gasteiger partial charge on any atom is -0.398 e. The largest absolute Gasteiger partial charge is 0.398 e. The molecule has 0 bridgehead atoms. The molecule has 0 amide bonds. The Kier molecular flexibility index (Phi) is 2.70. The van der Waals surface area contributed by atoms with Gasteiger partial charge in [0.2, 0.25) is 0 Å². The molecule has 4 heteroatoms. The minimum atomic E-state index is 0.0401. The van der Waals surface area contributed by atoms with Gasteiger partial charge in [0, 0.05) is 36.7 Å². The van der Waals surface area contributed by atoms with E-state index in [1.807, 2.05) is 6.08 Å². The Hall–Kier alpha value is -1.06. The first-order valence-corrected chi connectivity index (χ1v) is 4.96. The molecule has 0 saturated carbocycles. The van der Waals surface area contributed by atoms with Crippen LogP contribution in [0.25, 0.3) is 5.57 Å². The number of anilines is 1. The van der Waals surface area contributed by atoms with Gasteiger partial charge in [0.05, 0.1) is 5.38 Å². The van der Waals surface area contributed by atoms with Crippen LogP contribution in [0.3, 0.4) is 0 Å².